The molecule has 0 saturated heterocycles. The zero-order valence-corrected chi connectivity index (χ0v) is 22.9. The highest BCUT2D eigenvalue weighted by Crippen LogP contribution is 2.55. The minimum atomic E-state index is -7.24. The van der Waals surface area contributed by atoms with Gasteiger partial charge in [-0.3, -0.25) is 14.9 Å². The average molecular weight is 711 g/mol. The first-order chi connectivity index (χ1) is 19.6. The van der Waals surface area contributed by atoms with Crippen LogP contribution in [0.1, 0.15) is 19.3 Å². The molecule has 0 rings (SSSR count). The van der Waals surface area contributed by atoms with E-state index in [1.165, 1.54) is 0 Å². The van der Waals surface area contributed by atoms with Crippen LogP contribution in [-0.2, 0) is 19.1 Å². The summed E-state index contributed by atoms with van der Waals surface area (Å²) in [4.78, 5) is 24.2. The van der Waals surface area contributed by atoms with Gasteiger partial charge in [-0.25, -0.2) is 0 Å². The van der Waals surface area contributed by atoms with Crippen LogP contribution in [0.2, 0.25) is 0 Å². The lowest BCUT2D eigenvalue weighted by Crippen LogP contribution is -2.61. The van der Waals surface area contributed by atoms with Gasteiger partial charge in [0.15, 0.2) is 0 Å². The molecule has 0 spiro atoms. The van der Waals surface area contributed by atoms with Crippen molar-refractivity contribution in [3.05, 3.63) is 0 Å². The number of likely N-dealkylation sites (N-methyl/N-ethyl adjacent to an activating group) is 1. The first kappa shape index (κ1) is 42.6. The molecular formula is C21H25F18N2O4+. The summed E-state index contributed by atoms with van der Waals surface area (Å²) in [5.74, 6) is -44.5. The van der Waals surface area contributed by atoms with Gasteiger partial charge in [0.05, 0.1) is 60.2 Å². The Balaban J connectivity index is 5.56. The molecule has 0 aliphatic heterocycles. The Morgan fingerprint density at radius 1 is 0.600 bits per heavy atom. The fraction of sp³-hybridized carbons (Fsp3) is 0.905. The number of quaternary nitrogens is 1. The predicted molar refractivity (Wildman–Crippen MR) is 112 cm³/mol. The second-order valence-corrected chi connectivity index (χ2v) is 10.3. The fourth-order valence-corrected chi connectivity index (χ4v) is 2.84. The molecular weight excluding hydrogens is 686 g/mol. The minimum Gasteiger partial charge on any atom is -0.465 e. The van der Waals surface area contributed by atoms with Gasteiger partial charge < -0.3 is 14.0 Å². The van der Waals surface area contributed by atoms with E-state index in [-0.39, 0.29) is 17.6 Å². The molecule has 1 unspecified atom stereocenters. The third-order valence-corrected chi connectivity index (χ3v) is 5.59. The third kappa shape index (κ3) is 10.0. The lowest BCUT2D eigenvalue weighted by molar-refractivity contribution is -0.869. The van der Waals surface area contributed by atoms with Gasteiger partial charge in [0.2, 0.25) is 0 Å². The van der Waals surface area contributed by atoms with Crippen LogP contribution in [-0.4, -0.2) is 118 Å². The van der Waals surface area contributed by atoms with Gasteiger partial charge in [0.1, 0.15) is 6.04 Å². The second kappa shape index (κ2) is 13.8. The SMILES string of the molecule is C[N+](C)(C)CCNC(CC(=O)OCCC(F)(F)C(F)(F)C(F)(F)C(F)(F)F)C(=O)OCCC(F)(F)C(F)(F)C(F)(F)C(F)(F)F. The van der Waals surface area contributed by atoms with Crippen molar-refractivity contribution in [1.29, 1.82) is 0 Å². The van der Waals surface area contributed by atoms with Gasteiger partial charge in [0, 0.05) is 6.54 Å². The number of halogens is 18. The van der Waals surface area contributed by atoms with Crippen LogP contribution in [0.25, 0.3) is 0 Å². The van der Waals surface area contributed by atoms with Crippen LogP contribution in [0.3, 0.4) is 0 Å². The maximum atomic E-state index is 13.6. The molecule has 0 aromatic heterocycles. The molecule has 6 nitrogen and oxygen atoms in total. The van der Waals surface area contributed by atoms with Crippen LogP contribution in [0, 0.1) is 0 Å². The first-order valence-electron chi connectivity index (χ1n) is 11.9. The highest BCUT2D eigenvalue weighted by molar-refractivity contribution is 5.82. The quantitative estimate of drug-likeness (QED) is 0.117. The van der Waals surface area contributed by atoms with E-state index >= 15 is 0 Å². The van der Waals surface area contributed by atoms with E-state index in [1.54, 1.807) is 21.1 Å². The third-order valence-electron chi connectivity index (χ3n) is 5.59. The Labute approximate surface area is 241 Å². The molecule has 0 radical (unpaired) electrons. The Hall–Kier alpha value is -2.40. The first-order valence-corrected chi connectivity index (χ1v) is 11.9. The monoisotopic (exact) mass is 711 g/mol. The zero-order chi connectivity index (χ0) is 36.3. The van der Waals surface area contributed by atoms with Gasteiger partial charge in [-0.2, -0.15) is 79.0 Å². The van der Waals surface area contributed by atoms with Crippen molar-refractivity contribution in [2.75, 3.05) is 47.4 Å². The standard InChI is InChI=1S/C21H25F18N2O4/c1-41(2,3)7-6-40-11(13(43)45-9-5-15(24,25)17(28,29)19(32,33)21(37,38)39)10-12(42)44-8-4-14(22,23)16(26,27)18(30,31)20(34,35)36/h11,40H,4-10H2,1-3H3/q+1. The van der Waals surface area contributed by atoms with Crippen molar-refractivity contribution in [1.82, 2.24) is 5.32 Å². The predicted octanol–water partition coefficient (Wildman–Crippen LogP) is 5.84. The van der Waals surface area contributed by atoms with Crippen LogP contribution in [0.4, 0.5) is 79.0 Å². The van der Waals surface area contributed by atoms with E-state index < -0.39 is 98.3 Å². The van der Waals surface area contributed by atoms with Crippen molar-refractivity contribution in [3.8, 4) is 0 Å². The van der Waals surface area contributed by atoms with Gasteiger partial charge >= 0.3 is 59.8 Å². The second-order valence-electron chi connectivity index (χ2n) is 10.3. The Morgan fingerprint density at radius 3 is 1.29 bits per heavy atom. The number of rotatable bonds is 17. The molecule has 0 saturated carbocycles. The van der Waals surface area contributed by atoms with Crippen molar-refractivity contribution >= 4 is 11.9 Å². The molecule has 0 aliphatic rings. The molecule has 0 aliphatic carbocycles. The van der Waals surface area contributed by atoms with Crippen LogP contribution < -0.4 is 5.32 Å². The molecule has 0 amide bonds. The number of hydrogen-bond donors (Lipinski definition) is 1. The van der Waals surface area contributed by atoms with Gasteiger partial charge in [0.25, 0.3) is 0 Å². The van der Waals surface area contributed by atoms with Crippen molar-refractivity contribution in [2.24, 2.45) is 0 Å². The molecule has 0 aromatic rings. The van der Waals surface area contributed by atoms with Gasteiger partial charge in [-0.15, -0.1) is 0 Å². The van der Waals surface area contributed by atoms with Gasteiger partial charge in [-0.05, 0) is 0 Å². The zero-order valence-electron chi connectivity index (χ0n) is 22.9. The van der Waals surface area contributed by atoms with Crippen molar-refractivity contribution in [3.63, 3.8) is 0 Å². The van der Waals surface area contributed by atoms with Crippen LogP contribution in [0.15, 0.2) is 0 Å². The normalized spacial score (nSPS) is 15.6. The number of hydrogen-bond acceptors (Lipinski definition) is 5. The summed E-state index contributed by atoms with van der Waals surface area (Å²) in [6, 6.07) is -2.11. The summed E-state index contributed by atoms with van der Waals surface area (Å²) in [6.45, 7) is -4.17. The van der Waals surface area contributed by atoms with E-state index in [0.29, 0.717) is 0 Å². The lowest BCUT2D eigenvalue weighted by Gasteiger charge is -2.33. The molecule has 0 bridgehead atoms. The summed E-state index contributed by atoms with van der Waals surface area (Å²) in [5, 5.41) is 2.21. The Morgan fingerprint density at radius 2 is 0.956 bits per heavy atom. The molecule has 45 heavy (non-hydrogen) atoms. The summed E-state index contributed by atoms with van der Waals surface area (Å²) in [7, 11) is 4.67. The highest BCUT2D eigenvalue weighted by Gasteiger charge is 2.82. The molecule has 1 N–H and O–H groups in total. The van der Waals surface area contributed by atoms with E-state index in [0.717, 1.165) is 0 Å². The number of nitrogens with zero attached hydrogens (tertiary/aromatic N) is 1. The van der Waals surface area contributed by atoms with Crippen molar-refractivity contribution < 1.29 is 103 Å². The Kier molecular flexibility index (Phi) is 13.0. The lowest BCUT2D eigenvalue weighted by atomic mass is 10.0. The maximum Gasteiger partial charge on any atom is 0.460 e. The minimum absolute atomic E-state index is 0.0599. The number of carbonyl (C=O) groups is 2. The van der Waals surface area contributed by atoms with Gasteiger partial charge in [-0.1, -0.05) is 0 Å². The number of alkyl halides is 18. The maximum absolute atomic E-state index is 13.6. The summed E-state index contributed by atoms with van der Waals surface area (Å²) in [5.41, 5.74) is 0. The van der Waals surface area contributed by atoms with E-state index in [4.69, 9.17) is 0 Å². The summed E-state index contributed by atoms with van der Waals surface area (Å²) < 4.78 is 241. The highest BCUT2D eigenvalue weighted by atomic mass is 19.4. The molecule has 0 aromatic carbocycles. The van der Waals surface area contributed by atoms with E-state index in [2.05, 4.69) is 14.8 Å². The average Bonchev–Trinajstić information content (AvgIpc) is 2.80. The van der Waals surface area contributed by atoms with E-state index in [1.807, 2.05) is 0 Å². The largest absolute Gasteiger partial charge is 0.465 e. The molecule has 0 fully saturated rings. The van der Waals surface area contributed by atoms with E-state index in [9.17, 15) is 88.6 Å². The topological polar surface area (TPSA) is 64.6 Å². The Bertz CT molecular complexity index is 1010. The number of ether oxygens (including phenoxy) is 2. The summed E-state index contributed by atoms with van der Waals surface area (Å²) >= 11 is 0. The molecule has 24 heteroatoms. The number of nitrogens with one attached hydrogen (secondary N) is 1. The number of esters is 2. The molecule has 268 valence electrons. The van der Waals surface area contributed by atoms with Crippen molar-refractivity contribution in [2.45, 2.75) is 73.2 Å². The molecule has 0 heterocycles. The molecule has 1 atom stereocenters. The number of carbonyl (C=O) groups excluding carboxylic acids is 2. The fourth-order valence-electron chi connectivity index (χ4n) is 2.84. The van der Waals surface area contributed by atoms with Crippen LogP contribution >= 0.6 is 0 Å². The van der Waals surface area contributed by atoms with Crippen LogP contribution in [0.5, 0.6) is 0 Å². The summed E-state index contributed by atoms with van der Waals surface area (Å²) in [6.07, 6.45) is -20.9. The smallest absolute Gasteiger partial charge is 0.460 e.